The van der Waals surface area contributed by atoms with Crippen LogP contribution >= 0.6 is 0 Å². The standard InChI is InChI=1S/C13H22O2/c1-10(12(14)13(2)9-15-13)8-11-6-4-3-5-7-11/h10-11H,3-9H2,1-2H3/t10-,13+/m0/s1. The molecule has 0 radical (unpaired) electrons. The molecule has 0 bridgehead atoms. The molecule has 0 unspecified atom stereocenters. The molecule has 0 N–H and O–H groups in total. The lowest BCUT2D eigenvalue weighted by molar-refractivity contribution is -0.127. The first-order valence-electron chi connectivity index (χ1n) is 6.30. The van der Waals surface area contributed by atoms with E-state index in [1.54, 1.807) is 0 Å². The van der Waals surface area contributed by atoms with Crippen LogP contribution in [0.3, 0.4) is 0 Å². The van der Waals surface area contributed by atoms with Gasteiger partial charge in [0.25, 0.3) is 0 Å². The molecule has 2 fully saturated rings. The number of carbonyl (C=O) groups is 1. The SMILES string of the molecule is C[C@@H](CC1CCCCC1)C(=O)[C@@]1(C)CO1. The number of hydrogen-bond donors (Lipinski definition) is 0. The average Bonchev–Trinajstić information content (AvgIpc) is 2.98. The van der Waals surface area contributed by atoms with Crippen LogP contribution < -0.4 is 0 Å². The van der Waals surface area contributed by atoms with Gasteiger partial charge < -0.3 is 4.74 Å². The highest BCUT2D eigenvalue weighted by molar-refractivity contribution is 5.91. The maximum absolute atomic E-state index is 12.0. The maximum atomic E-state index is 12.0. The second-order valence-corrected chi connectivity index (χ2v) is 5.52. The highest BCUT2D eigenvalue weighted by atomic mass is 16.6. The quantitative estimate of drug-likeness (QED) is 0.668. The molecule has 1 aliphatic carbocycles. The molecule has 1 saturated heterocycles. The highest BCUT2D eigenvalue weighted by Gasteiger charge is 2.48. The molecule has 0 spiro atoms. The molecule has 2 atom stereocenters. The summed E-state index contributed by atoms with van der Waals surface area (Å²) < 4.78 is 5.22. The first-order chi connectivity index (χ1) is 7.12. The van der Waals surface area contributed by atoms with Crippen molar-refractivity contribution < 1.29 is 9.53 Å². The zero-order chi connectivity index (χ0) is 10.9. The largest absolute Gasteiger partial charge is 0.362 e. The summed E-state index contributed by atoms with van der Waals surface area (Å²) in [4.78, 5) is 12.0. The van der Waals surface area contributed by atoms with Gasteiger partial charge in [-0.05, 0) is 19.3 Å². The Hall–Kier alpha value is -0.370. The van der Waals surface area contributed by atoms with Gasteiger partial charge in [0.15, 0.2) is 5.78 Å². The Morgan fingerprint density at radius 2 is 2.00 bits per heavy atom. The minimum Gasteiger partial charge on any atom is -0.362 e. The third kappa shape index (κ3) is 2.60. The zero-order valence-electron chi connectivity index (χ0n) is 9.92. The van der Waals surface area contributed by atoms with Crippen LogP contribution in [0.1, 0.15) is 52.4 Å². The van der Waals surface area contributed by atoms with E-state index in [1.165, 1.54) is 32.1 Å². The van der Waals surface area contributed by atoms with Crippen molar-refractivity contribution in [1.82, 2.24) is 0 Å². The van der Waals surface area contributed by atoms with E-state index >= 15 is 0 Å². The predicted octanol–water partition coefficient (Wildman–Crippen LogP) is 2.95. The normalized spacial score (nSPS) is 33.7. The first kappa shape index (κ1) is 11.1. The van der Waals surface area contributed by atoms with Gasteiger partial charge in [-0.3, -0.25) is 4.79 Å². The Labute approximate surface area is 92.4 Å². The Kier molecular flexibility index (Phi) is 3.15. The lowest BCUT2D eigenvalue weighted by atomic mass is 9.80. The summed E-state index contributed by atoms with van der Waals surface area (Å²) in [6.07, 6.45) is 7.85. The molecule has 0 aromatic heterocycles. The summed E-state index contributed by atoms with van der Waals surface area (Å²) in [7, 11) is 0. The molecule has 0 amide bonds. The van der Waals surface area contributed by atoms with Gasteiger partial charge in [0.05, 0.1) is 6.61 Å². The van der Waals surface area contributed by atoms with Crippen molar-refractivity contribution in [2.45, 2.75) is 58.0 Å². The van der Waals surface area contributed by atoms with Crippen LogP contribution in [-0.4, -0.2) is 18.0 Å². The van der Waals surface area contributed by atoms with E-state index in [2.05, 4.69) is 6.92 Å². The highest BCUT2D eigenvalue weighted by Crippen LogP contribution is 2.35. The van der Waals surface area contributed by atoms with Gasteiger partial charge in [-0.15, -0.1) is 0 Å². The van der Waals surface area contributed by atoms with E-state index in [1.807, 2.05) is 6.92 Å². The van der Waals surface area contributed by atoms with E-state index in [0.29, 0.717) is 12.4 Å². The van der Waals surface area contributed by atoms with E-state index < -0.39 is 5.60 Å². The molecule has 2 nitrogen and oxygen atoms in total. The fourth-order valence-electron chi connectivity index (χ4n) is 2.80. The Balaban J connectivity index is 1.80. The summed E-state index contributed by atoms with van der Waals surface area (Å²) in [6, 6.07) is 0. The lowest BCUT2D eigenvalue weighted by Gasteiger charge is -2.24. The van der Waals surface area contributed by atoms with Gasteiger partial charge in [0.1, 0.15) is 5.60 Å². The van der Waals surface area contributed by atoms with E-state index in [9.17, 15) is 4.79 Å². The molecule has 86 valence electrons. The molecule has 1 aliphatic heterocycles. The van der Waals surface area contributed by atoms with E-state index in [0.717, 1.165) is 12.3 Å². The predicted molar refractivity (Wildman–Crippen MR) is 59.7 cm³/mol. The Morgan fingerprint density at radius 1 is 1.40 bits per heavy atom. The molecule has 0 aromatic carbocycles. The van der Waals surface area contributed by atoms with Crippen LogP contribution in [0.4, 0.5) is 0 Å². The van der Waals surface area contributed by atoms with Crippen molar-refractivity contribution in [3.05, 3.63) is 0 Å². The van der Waals surface area contributed by atoms with Gasteiger partial charge in [-0.2, -0.15) is 0 Å². The molecule has 0 aromatic rings. The van der Waals surface area contributed by atoms with Crippen LogP contribution in [0.2, 0.25) is 0 Å². The minimum absolute atomic E-state index is 0.195. The molecule has 1 heterocycles. The van der Waals surface area contributed by atoms with Crippen LogP contribution in [0.5, 0.6) is 0 Å². The van der Waals surface area contributed by atoms with Crippen LogP contribution in [-0.2, 0) is 9.53 Å². The Bertz CT molecular complexity index is 237. The number of epoxide rings is 1. The number of rotatable bonds is 4. The van der Waals surface area contributed by atoms with Gasteiger partial charge in [0, 0.05) is 5.92 Å². The number of ketones is 1. The number of hydrogen-bond acceptors (Lipinski definition) is 2. The third-order valence-corrected chi connectivity index (χ3v) is 3.96. The van der Waals surface area contributed by atoms with Crippen molar-refractivity contribution in [3.63, 3.8) is 0 Å². The minimum atomic E-state index is -0.409. The lowest BCUT2D eigenvalue weighted by Crippen LogP contribution is -2.28. The number of ether oxygens (including phenoxy) is 1. The van der Waals surface area contributed by atoms with Crippen molar-refractivity contribution in [3.8, 4) is 0 Å². The van der Waals surface area contributed by atoms with Crippen LogP contribution in [0.25, 0.3) is 0 Å². The summed E-state index contributed by atoms with van der Waals surface area (Å²) in [5.74, 6) is 1.31. The molecular weight excluding hydrogens is 188 g/mol. The van der Waals surface area contributed by atoms with Crippen molar-refractivity contribution in [2.24, 2.45) is 11.8 Å². The average molecular weight is 210 g/mol. The monoisotopic (exact) mass is 210 g/mol. The van der Waals surface area contributed by atoms with Crippen molar-refractivity contribution in [2.75, 3.05) is 6.61 Å². The first-order valence-corrected chi connectivity index (χ1v) is 6.30. The molecule has 2 rings (SSSR count). The van der Waals surface area contributed by atoms with Gasteiger partial charge in [-0.25, -0.2) is 0 Å². The second-order valence-electron chi connectivity index (χ2n) is 5.52. The van der Waals surface area contributed by atoms with Gasteiger partial charge in [-0.1, -0.05) is 39.0 Å². The zero-order valence-corrected chi connectivity index (χ0v) is 9.92. The molecule has 2 aliphatic rings. The van der Waals surface area contributed by atoms with E-state index in [4.69, 9.17) is 4.74 Å². The summed E-state index contributed by atoms with van der Waals surface area (Å²) in [5.41, 5.74) is -0.409. The number of carbonyl (C=O) groups excluding carboxylic acids is 1. The molecule has 1 saturated carbocycles. The van der Waals surface area contributed by atoms with Crippen LogP contribution in [0.15, 0.2) is 0 Å². The Morgan fingerprint density at radius 3 is 2.53 bits per heavy atom. The molecule has 15 heavy (non-hydrogen) atoms. The fraction of sp³-hybridized carbons (Fsp3) is 0.923. The summed E-state index contributed by atoms with van der Waals surface area (Å²) in [5, 5.41) is 0. The molecule has 2 heteroatoms. The molecular formula is C13H22O2. The van der Waals surface area contributed by atoms with Crippen LogP contribution in [0, 0.1) is 11.8 Å². The summed E-state index contributed by atoms with van der Waals surface area (Å²) in [6.45, 7) is 4.64. The fourth-order valence-corrected chi connectivity index (χ4v) is 2.80. The van der Waals surface area contributed by atoms with E-state index in [-0.39, 0.29) is 5.92 Å². The second kappa shape index (κ2) is 4.25. The maximum Gasteiger partial charge on any atom is 0.169 e. The van der Waals surface area contributed by atoms with Crippen molar-refractivity contribution in [1.29, 1.82) is 0 Å². The van der Waals surface area contributed by atoms with Gasteiger partial charge in [0.2, 0.25) is 0 Å². The topological polar surface area (TPSA) is 29.6 Å². The van der Waals surface area contributed by atoms with Crippen molar-refractivity contribution >= 4 is 5.78 Å². The smallest absolute Gasteiger partial charge is 0.169 e. The van der Waals surface area contributed by atoms with Gasteiger partial charge >= 0.3 is 0 Å². The third-order valence-electron chi connectivity index (χ3n) is 3.96. The summed E-state index contributed by atoms with van der Waals surface area (Å²) >= 11 is 0. The number of Topliss-reactive ketones (excluding diaryl/α,β-unsaturated/α-hetero) is 1.